The highest BCUT2D eigenvalue weighted by molar-refractivity contribution is 9.10. The standard InChI is InChI=1S/C22H16BrNO4/c23-15-5-3-12(4-6-15)22(27)28-17-9-7-16(8-10-17)24-20(25)18-13-1-2-14(11-13)19(18)21(24)26/h1-10,13-14,18-19H,11H2/t13-,14-,18-,19-/m0/s1. The number of allylic oxidation sites excluding steroid dienone is 2. The zero-order valence-electron chi connectivity index (χ0n) is 14.7. The van der Waals surface area contributed by atoms with Crippen molar-refractivity contribution in [3.63, 3.8) is 0 Å². The monoisotopic (exact) mass is 437 g/mol. The van der Waals surface area contributed by atoms with Gasteiger partial charge in [0.2, 0.25) is 11.8 Å². The van der Waals surface area contributed by atoms with Crippen LogP contribution in [0, 0.1) is 23.7 Å². The number of esters is 1. The van der Waals surface area contributed by atoms with Gasteiger partial charge in [-0.2, -0.15) is 0 Å². The Kier molecular flexibility index (Phi) is 3.98. The lowest BCUT2D eigenvalue weighted by molar-refractivity contribution is -0.123. The quantitative estimate of drug-likeness (QED) is 0.315. The van der Waals surface area contributed by atoms with Gasteiger partial charge in [0.25, 0.3) is 0 Å². The topological polar surface area (TPSA) is 63.7 Å². The van der Waals surface area contributed by atoms with Gasteiger partial charge in [-0.05, 0) is 66.8 Å². The molecule has 3 aliphatic rings. The number of hydrogen-bond acceptors (Lipinski definition) is 4. The lowest BCUT2D eigenvalue weighted by Gasteiger charge is -2.17. The Morgan fingerprint density at radius 3 is 2.04 bits per heavy atom. The van der Waals surface area contributed by atoms with Crippen LogP contribution >= 0.6 is 15.9 Å². The fraction of sp³-hybridized carbons (Fsp3) is 0.227. The molecule has 0 radical (unpaired) electrons. The van der Waals surface area contributed by atoms with Crippen molar-refractivity contribution in [2.24, 2.45) is 23.7 Å². The maximum Gasteiger partial charge on any atom is 0.343 e. The molecule has 4 atom stereocenters. The molecule has 2 aromatic rings. The summed E-state index contributed by atoms with van der Waals surface area (Å²) in [7, 11) is 0. The van der Waals surface area contributed by atoms with Gasteiger partial charge in [0.15, 0.2) is 0 Å². The molecule has 0 N–H and O–H groups in total. The molecule has 0 aromatic heterocycles. The molecular formula is C22H16BrNO4. The molecule has 2 amide bonds. The molecule has 0 unspecified atom stereocenters. The Morgan fingerprint density at radius 1 is 0.893 bits per heavy atom. The molecule has 1 aliphatic heterocycles. The van der Waals surface area contributed by atoms with Crippen molar-refractivity contribution in [3.05, 3.63) is 70.7 Å². The minimum Gasteiger partial charge on any atom is -0.423 e. The number of halogens is 1. The average Bonchev–Trinajstić information content (AvgIpc) is 3.37. The predicted molar refractivity (Wildman–Crippen MR) is 106 cm³/mol. The van der Waals surface area contributed by atoms with E-state index in [1.54, 1.807) is 48.5 Å². The first-order valence-corrected chi connectivity index (χ1v) is 9.96. The molecule has 5 nitrogen and oxygen atoms in total. The highest BCUT2D eigenvalue weighted by Gasteiger charge is 2.59. The molecule has 2 aromatic carbocycles. The van der Waals surface area contributed by atoms with Gasteiger partial charge >= 0.3 is 5.97 Å². The summed E-state index contributed by atoms with van der Waals surface area (Å²) in [5.41, 5.74) is 0.959. The third-order valence-corrected chi connectivity index (χ3v) is 6.38. The van der Waals surface area contributed by atoms with E-state index in [0.29, 0.717) is 17.0 Å². The van der Waals surface area contributed by atoms with Crippen LogP contribution in [0.5, 0.6) is 5.75 Å². The minimum atomic E-state index is -0.467. The Bertz CT molecular complexity index is 982. The lowest BCUT2D eigenvalue weighted by Crippen LogP contribution is -2.32. The summed E-state index contributed by atoms with van der Waals surface area (Å²) in [6, 6.07) is 13.4. The molecule has 2 bridgehead atoms. The third-order valence-electron chi connectivity index (χ3n) is 5.86. The Balaban J connectivity index is 1.33. The maximum atomic E-state index is 12.8. The molecule has 5 rings (SSSR count). The molecule has 1 heterocycles. The lowest BCUT2D eigenvalue weighted by atomic mass is 9.85. The third kappa shape index (κ3) is 2.63. The Hall–Kier alpha value is -2.73. The van der Waals surface area contributed by atoms with Crippen LogP contribution in [0.3, 0.4) is 0 Å². The van der Waals surface area contributed by atoms with Gasteiger partial charge in [-0.15, -0.1) is 0 Å². The van der Waals surface area contributed by atoms with Gasteiger partial charge in [-0.3, -0.25) is 14.5 Å². The zero-order valence-corrected chi connectivity index (χ0v) is 16.3. The molecule has 1 saturated heterocycles. The summed E-state index contributed by atoms with van der Waals surface area (Å²) in [4.78, 5) is 39.2. The van der Waals surface area contributed by atoms with Crippen LogP contribution in [0.15, 0.2) is 65.2 Å². The number of nitrogens with zero attached hydrogens (tertiary/aromatic N) is 1. The van der Waals surface area contributed by atoms with Gasteiger partial charge in [-0.25, -0.2) is 4.79 Å². The van der Waals surface area contributed by atoms with E-state index in [1.165, 1.54) is 4.90 Å². The number of rotatable bonds is 3. The van der Waals surface area contributed by atoms with E-state index in [2.05, 4.69) is 28.1 Å². The maximum absolute atomic E-state index is 12.8. The van der Waals surface area contributed by atoms with Crippen LogP contribution in [-0.4, -0.2) is 17.8 Å². The van der Waals surface area contributed by atoms with Gasteiger partial charge in [-0.1, -0.05) is 28.1 Å². The SMILES string of the molecule is O=C(Oc1ccc(N2C(=O)[C@@H]3[C@@H](C2=O)[C@H]2C=C[C@H]3C2)cc1)c1ccc(Br)cc1. The molecule has 1 saturated carbocycles. The predicted octanol–water partition coefficient (Wildman–Crippen LogP) is 3.98. The largest absolute Gasteiger partial charge is 0.423 e. The van der Waals surface area contributed by atoms with Crippen molar-refractivity contribution in [1.29, 1.82) is 0 Å². The first-order chi connectivity index (χ1) is 13.5. The summed E-state index contributed by atoms with van der Waals surface area (Å²) in [6.45, 7) is 0. The Morgan fingerprint density at radius 2 is 1.46 bits per heavy atom. The number of fused-ring (bicyclic) bond motifs is 5. The number of benzene rings is 2. The summed E-state index contributed by atoms with van der Waals surface area (Å²) in [5, 5.41) is 0. The first kappa shape index (κ1) is 17.4. The fourth-order valence-corrected chi connectivity index (χ4v) is 4.84. The molecule has 2 fully saturated rings. The summed E-state index contributed by atoms with van der Waals surface area (Å²) < 4.78 is 6.25. The van der Waals surface area contributed by atoms with Crippen LogP contribution in [0.25, 0.3) is 0 Å². The smallest absolute Gasteiger partial charge is 0.343 e. The normalized spacial score (nSPS) is 27.4. The second-order valence-electron chi connectivity index (χ2n) is 7.40. The molecule has 0 spiro atoms. The van der Waals surface area contributed by atoms with Crippen LogP contribution in [0.2, 0.25) is 0 Å². The number of carbonyl (C=O) groups is 3. The van der Waals surface area contributed by atoms with E-state index >= 15 is 0 Å². The van der Waals surface area contributed by atoms with Crippen molar-refractivity contribution >= 4 is 39.4 Å². The van der Waals surface area contributed by atoms with E-state index in [0.717, 1.165) is 10.9 Å². The second kappa shape index (κ2) is 6.41. The number of ether oxygens (including phenoxy) is 1. The minimum absolute atomic E-state index is 0.119. The number of anilines is 1. The van der Waals surface area contributed by atoms with Gasteiger partial charge in [0.05, 0.1) is 23.1 Å². The zero-order chi connectivity index (χ0) is 19.4. The van der Waals surface area contributed by atoms with E-state index in [1.807, 2.05) is 0 Å². The van der Waals surface area contributed by atoms with E-state index in [9.17, 15) is 14.4 Å². The van der Waals surface area contributed by atoms with Gasteiger partial charge < -0.3 is 4.74 Å². The van der Waals surface area contributed by atoms with Crippen LogP contribution in [0.4, 0.5) is 5.69 Å². The van der Waals surface area contributed by atoms with Crippen LogP contribution in [-0.2, 0) is 9.59 Å². The molecule has 140 valence electrons. The van der Waals surface area contributed by atoms with Crippen molar-refractivity contribution < 1.29 is 19.1 Å². The van der Waals surface area contributed by atoms with E-state index in [-0.39, 0.29) is 35.5 Å². The van der Waals surface area contributed by atoms with Crippen molar-refractivity contribution in [3.8, 4) is 5.75 Å². The highest BCUT2D eigenvalue weighted by atomic mass is 79.9. The summed E-state index contributed by atoms with van der Waals surface area (Å²) in [6.07, 6.45) is 5.06. The van der Waals surface area contributed by atoms with Crippen molar-refractivity contribution in [2.45, 2.75) is 6.42 Å². The second-order valence-corrected chi connectivity index (χ2v) is 8.32. The number of hydrogen-bond donors (Lipinski definition) is 0. The Labute approximate surface area is 170 Å². The van der Waals surface area contributed by atoms with E-state index < -0.39 is 5.97 Å². The first-order valence-electron chi connectivity index (χ1n) is 9.17. The van der Waals surface area contributed by atoms with Crippen molar-refractivity contribution in [1.82, 2.24) is 0 Å². The van der Waals surface area contributed by atoms with Crippen molar-refractivity contribution in [2.75, 3.05) is 4.90 Å². The average molecular weight is 438 g/mol. The fourth-order valence-electron chi connectivity index (χ4n) is 4.57. The van der Waals surface area contributed by atoms with Crippen LogP contribution < -0.4 is 9.64 Å². The number of imide groups is 1. The summed E-state index contributed by atoms with van der Waals surface area (Å²) >= 11 is 3.32. The molecule has 6 heteroatoms. The highest BCUT2D eigenvalue weighted by Crippen LogP contribution is 2.53. The summed E-state index contributed by atoms with van der Waals surface area (Å²) in [5.74, 6) is -0.429. The van der Waals surface area contributed by atoms with E-state index in [4.69, 9.17) is 4.74 Å². The van der Waals surface area contributed by atoms with Gasteiger partial charge in [0, 0.05) is 4.47 Å². The molecule has 2 aliphatic carbocycles. The molecular weight excluding hydrogens is 422 g/mol. The molecule has 28 heavy (non-hydrogen) atoms. The van der Waals surface area contributed by atoms with Crippen LogP contribution in [0.1, 0.15) is 16.8 Å². The number of carbonyl (C=O) groups excluding carboxylic acids is 3. The number of amides is 2. The van der Waals surface area contributed by atoms with Gasteiger partial charge in [0.1, 0.15) is 5.75 Å².